The van der Waals surface area contributed by atoms with Crippen LogP contribution in [0.25, 0.3) is 0 Å². The number of hydrogen-bond donors (Lipinski definition) is 0. The first-order valence-electron chi connectivity index (χ1n) is 9.39. The minimum atomic E-state index is -4.55. The third kappa shape index (κ3) is 3.77. The first-order chi connectivity index (χ1) is 15.1. The average molecular weight is 462 g/mol. The number of carbonyl (C=O) groups is 1. The van der Waals surface area contributed by atoms with Crippen molar-refractivity contribution in [3.63, 3.8) is 0 Å². The van der Waals surface area contributed by atoms with Gasteiger partial charge in [-0.3, -0.25) is 4.90 Å². The zero-order chi connectivity index (χ0) is 23.1. The molecule has 3 aromatic carbocycles. The maximum Gasteiger partial charge on any atom is 0.416 e. The normalized spacial score (nSPS) is 15.4. The van der Waals surface area contributed by atoms with Crippen LogP contribution in [0.5, 0.6) is 5.75 Å². The van der Waals surface area contributed by atoms with Crippen molar-refractivity contribution in [1.29, 1.82) is 0 Å². The van der Waals surface area contributed by atoms with Crippen molar-refractivity contribution >= 4 is 27.4 Å². The van der Waals surface area contributed by atoms with Gasteiger partial charge in [0, 0.05) is 6.07 Å². The molecule has 0 aromatic heterocycles. The Morgan fingerprint density at radius 1 is 0.938 bits per heavy atom. The fourth-order valence-electron chi connectivity index (χ4n) is 3.48. The molecule has 0 bridgehead atoms. The lowest BCUT2D eigenvalue weighted by Gasteiger charge is -2.36. The predicted molar refractivity (Wildman–Crippen MR) is 112 cm³/mol. The summed E-state index contributed by atoms with van der Waals surface area (Å²) in [5.74, 6) is 0.341. The lowest BCUT2D eigenvalue weighted by molar-refractivity contribution is -0.137. The van der Waals surface area contributed by atoms with Gasteiger partial charge in [0.15, 0.2) is 0 Å². The molecular weight excluding hydrogens is 445 g/mol. The Morgan fingerprint density at radius 3 is 2.38 bits per heavy atom. The Hall–Kier alpha value is -3.53. The van der Waals surface area contributed by atoms with E-state index in [9.17, 15) is 26.4 Å². The molecule has 0 atom stereocenters. The summed E-state index contributed by atoms with van der Waals surface area (Å²) in [5, 5.41) is 0. The van der Waals surface area contributed by atoms with Crippen LogP contribution >= 0.6 is 0 Å². The van der Waals surface area contributed by atoms with Crippen LogP contribution in [0.15, 0.2) is 77.7 Å². The quantitative estimate of drug-likeness (QED) is 0.544. The molecule has 0 saturated heterocycles. The van der Waals surface area contributed by atoms with E-state index >= 15 is 0 Å². The van der Waals surface area contributed by atoms with Crippen molar-refractivity contribution in [2.45, 2.75) is 17.6 Å². The maximum atomic E-state index is 13.4. The van der Waals surface area contributed by atoms with Crippen molar-refractivity contribution < 1.29 is 31.1 Å². The van der Waals surface area contributed by atoms with Crippen LogP contribution in [0.1, 0.15) is 11.1 Å². The highest BCUT2D eigenvalue weighted by atomic mass is 32.2. The van der Waals surface area contributed by atoms with E-state index in [-0.39, 0.29) is 28.4 Å². The first-order valence-corrected chi connectivity index (χ1v) is 10.8. The van der Waals surface area contributed by atoms with Gasteiger partial charge in [0.1, 0.15) is 10.6 Å². The molecule has 166 valence electrons. The lowest BCUT2D eigenvalue weighted by atomic mass is 10.1. The van der Waals surface area contributed by atoms with E-state index in [1.54, 1.807) is 12.1 Å². The SMILES string of the molecule is COc1cccc(N2C(=O)N(Cc3cccc(C(F)(F)F)c3)c3ccccc3S2(=O)=O)c1. The minimum absolute atomic E-state index is 0.0536. The molecule has 10 heteroatoms. The van der Waals surface area contributed by atoms with E-state index in [4.69, 9.17) is 4.74 Å². The van der Waals surface area contributed by atoms with Crippen molar-refractivity contribution in [3.05, 3.63) is 83.9 Å². The van der Waals surface area contributed by atoms with Gasteiger partial charge >= 0.3 is 12.2 Å². The second kappa shape index (κ2) is 7.86. The topological polar surface area (TPSA) is 66.9 Å². The number of methoxy groups -OCH3 is 1. The summed E-state index contributed by atoms with van der Waals surface area (Å²) in [6.45, 7) is -0.254. The first kappa shape index (κ1) is 21.7. The molecule has 1 aliphatic rings. The summed E-state index contributed by atoms with van der Waals surface area (Å²) >= 11 is 0. The van der Waals surface area contributed by atoms with E-state index in [0.29, 0.717) is 10.1 Å². The van der Waals surface area contributed by atoms with Gasteiger partial charge < -0.3 is 4.74 Å². The van der Waals surface area contributed by atoms with Gasteiger partial charge in [-0.15, -0.1) is 0 Å². The molecule has 2 amide bonds. The number of ether oxygens (including phenoxy) is 1. The summed E-state index contributed by atoms with van der Waals surface area (Å²) in [6, 6.07) is 15.5. The predicted octanol–water partition coefficient (Wildman–Crippen LogP) is 5.05. The molecule has 0 aliphatic carbocycles. The van der Waals surface area contributed by atoms with E-state index in [2.05, 4.69) is 0 Å². The second-order valence-electron chi connectivity index (χ2n) is 7.01. The van der Waals surface area contributed by atoms with E-state index < -0.39 is 27.8 Å². The zero-order valence-electron chi connectivity index (χ0n) is 16.7. The molecule has 0 fully saturated rings. The number of nitrogens with zero attached hydrogens (tertiary/aromatic N) is 2. The van der Waals surface area contributed by atoms with Gasteiger partial charge in [0.05, 0.1) is 30.6 Å². The number of anilines is 2. The molecule has 32 heavy (non-hydrogen) atoms. The molecule has 1 heterocycles. The number of fused-ring (bicyclic) bond motifs is 1. The van der Waals surface area contributed by atoms with Crippen molar-refractivity contribution in [3.8, 4) is 5.75 Å². The monoisotopic (exact) mass is 462 g/mol. The third-order valence-electron chi connectivity index (χ3n) is 4.96. The van der Waals surface area contributed by atoms with E-state index in [1.807, 2.05) is 0 Å². The molecule has 0 unspecified atom stereocenters. The molecule has 6 nitrogen and oxygen atoms in total. The Morgan fingerprint density at radius 2 is 1.66 bits per heavy atom. The smallest absolute Gasteiger partial charge is 0.416 e. The Bertz CT molecular complexity index is 1290. The number of urea groups is 1. The number of alkyl halides is 3. The molecule has 0 radical (unpaired) electrons. The number of carbonyl (C=O) groups excluding carboxylic acids is 1. The third-order valence-corrected chi connectivity index (χ3v) is 6.71. The van der Waals surface area contributed by atoms with Crippen LogP contribution in [-0.2, 0) is 22.7 Å². The fraction of sp³-hybridized carbons (Fsp3) is 0.136. The molecule has 0 N–H and O–H groups in total. The van der Waals surface area contributed by atoms with Crippen LogP contribution in [0.4, 0.5) is 29.3 Å². The second-order valence-corrected chi connectivity index (χ2v) is 8.76. The van der Waals surface area contributed by atoms with Crippen LogP contribution < -0.4 is 13.9 Å². The number of para-hydroxylation sites is 1. The summed E-state index contributed by atoms with van der Waals surface area (Å²) in [4.78, 5) is 14.4. The Labute approximate surface area is 182 Å². The lowest BCUT2D eigenvalue weighted by Crippen LogP contribution is -2.50. The number of hydrogen-bond acceptors (Lipinski definition) is 4. The number of sulfonamides is 1. The van der Waals surface area contributed by atoms with E-state index in [0.717, 1.165) is 17.0 Å². The summed E-state index contributed by atoms with van der Waals surface area (Å²) in [7, 11) is -2.86. The van der Waals surface area contributed by atoms with Crippen LogP contribution in [0.2, 0.25) is 0 Å². The van der Waals surface area contributed by atoms with Gasteiger partial charge in [0.25, 0.3) is 10.0 Å². The maximum absolute atomic E-state index is 13.4. The van der Waals surface area contributed by atoms with Crippen molar-refractivity contribution in [2.24, 2.45) is 0 Å². The number of halogens is 3. The average Bonchev–Trinajstić information content (AvgIpc) is 2.76. The van der Waals surface area contributed by atoms with Crippen LogP contribution in [-0.4, -0.2) is 21.6 Å². The van der Waals surface area contributed by atoms with Gasteiger partial charge in [-0.25, -0.2) is 13.2 Å². The summed E-state index contributed by atoms with van der Waals surface area (Å²) in [6.07, 6.45) is -4.55. The van der Waals surface area contributed by atoms with Crippen molar-refractivity contribution in [2.75, 3.05) is 16.3 Å². The number of amides is 2. The van der Waals surface area contributed by atoms with Gasteiger partial charge in [-0.05, 0) is 42.0 Å². The van der Waals surface area contributed by atoms with E-state index in [1.165, 1.54) is 55.6 Å². The number of rotatable bonds is 4. The van der Waals surface area contributed by atoms with Gasteiger partial charge in [-0.2, -0.15) is 17.5 Å². The molecule has 4 rings (SSSR count). The highest BCUT2D eigenvalue weighted by Crippen LogP contribution is 2.39. The molecular formula is C22H17F3N2O4S. The highest BCUT2D eigenvalue weighted by molar-refractivity contribution is 7.94. The highest BCUT2D eigenvalue weighted by Gasteiger charge is 2.42. The largest absolute Gasteiger partial charge is 0.497 e. The van der Waals surface area contributed by atoms with Gasteiger partial charge in [-0.1, -0.05) is 30.3 Å². The van der Waals surface area contributed by atoms with Gasteiger partial charge in [0.2, 0.25) is 0 Å². The Balaban J connectivity index is 1.83. The van der Waals surface area contributed by atoms with Crippen molar-refractivity contribution in [1.82, 2.24) is 0 Å². The standard InChI is InChI=1S/C22H17F3N2O4S/c1-31-18-9-5-8-17(13-18)27-21(28)26(19-10-2-3-11-20(19)32(27,29)30)14-15-6-4-7-16(12-15)22(23,24)25/h2-13H,14H2,1H3. The Kier molecular flexibility index (Phi) is 5.33. The summed E-state index contributed by atoms with van der Waals surface area (Å²) in [5.41, 5.74) is -0.509. The fourth-order valence-corrected chi connectivity index (χ4v) is 5.06. The van der Waals surface area contributed by atoms with Crippen LogP contribution in [0.3, 0.4) is 0 Å². The molecule has 0 saturated carbocycles. The molecule has 0 spiro atoms. The van der Waals surface area contributed by atoms with Crippen LogP contribution in [0, 0.1) is 0 Å². The summed E-state index contributed by atoms with van der Waals surface area (Å²) < 4.78 is 71.8. The number of benzene rings is 3. The molecule has 1 aliphatic heterocycles. The minimum Gasteiger partial charge on any atom is -0.497 e. The molecule has 3 aromatic rings. The zero-order valence-corrected chi connectivity index (χ0v) is 17.5.